The molecule has 39 heavy (non-hydrogen) atoms. The number of nitrogens with zero attached hydrogens (tertiary/aromatic N) is 4. The molecule has 9 heteroatoms. The maximum Gasteiger partial charge on any atom is 0.234 e. The summed E-state index contributed by atoms with van der Waals surface area (Å²) in [6.45, 7) is 1.87. The van der Waals surface area contributed by atoms with Gasteiger partial charge in [0.1, 0.15) is 36.0 Å². The molecule has 1 aliphatic heterocycles. The summed E-state index contributed by atoms with van der Waals surface area (Å²) in [5.74, 6) is 2.56. The van der Waals surface area contributed by atoms with Crippen molar-refractivity contribution < 1.29 is 13.9 Å². The van der Waals surface area contributed by atoms with Crippen LogP contribution in [0.15, 0.2) is 89.7 Å². The van der Waals surface area contributed by atoms with E-state index in [1.54, 1.807) is 6.20 Å². The molecule has 1 saturated heterocycles. The second-order valence-corrected chi connectivity index (χ2v) is 9.53. The number of fused-ring (bicyclic) bond motifs is 1. The zero-order valence-electron chi connectivity index (χ0n) is 21.3. The van der Waals surface area contributed by atoms with Crippen LogP contribution in [0.1, 0.15) is 24.2 Å². The van der Waals surface area contributed by atoms with Crippen LogP contribution >= 0.6 is 0 Å². The van der Waals surface area contributed by atoms with E-state index in [0.29, 0.717) is 35.9 Å². The van der Waals surface area contributed by atoms with Crippen molar-refractivity contribution in [2.75, 3.05) is 11.9 Å². The lowest BCUT2D eigenvalue weighted by Crippen LogP contribution is -2.39. The molecule has 0 spiro atoms. The minimum Gasteiger partial charge on any atom is -0.489 e. The number of amides is 1. The summed E-state index contributed by atoms with van der Waals surface area (Å²) in [6, 6.07) is 23.3. The minimum absolute atomic E-state index is 0.243. The molecule has 5 aromatic rings. The third-order valence-electron chi connectivity index (χ3n) is 6.85. The van der Waals surface area contributed by atoms with Crippen LogP contribution in [0.5, 0.6) is 5.75 Å². The molecule has 0 bridgehead atoms. The SMILES string of the molecule is NC(=O)[C@H]1CCCN1Cc1ccc(-c2cc3c(Nc4ccc(OCc5ccccc5)cc4)ncnc3cn2)o1. The van der Waals surface area contributed by atoms with Gasteiger partial charge in [0, 0.05) is 11.1 Å². The lowest BCUT2D eigenvalue weighted by atomic mass is 10.2. The van der Waals surface area contributed by atoms with E-state index < -0.39 is 0 Å². The summed E-state index contributed by atoms with van der Waals surface area (Å²) in [5, 5.41) is 4.20. The van der Waals surface area contributed by atoms with Gasteiger partial charge < -0.3 is 20.2 Å². The number of hydrogen-bond donors (Lipinski definition) is 2. The Hall–Kier alpha value is -4.76. The van der Waals surface area contributed by atoms with Gasteiger partial charge in [-0.15, -0.1) is 0 Å². The number of furan rings is 1. The van der Waals surface area contributed by atoms with E-state index in [0.717, 1.165) is 47.5 Å². The Labute approximate surface area is 225 Å². The van der Waals surface area contributed by atoms with Crippen LogP contribution in [-0.4, -0.2) is 38.3 Å². The van der Waals surface area contributed by atoms with Gasteiger partial charge in [-0.2, -0.15) is 0 Å². The topological polar surface area (TPSA) is 119 Å². The average molecular weight is 521 g/mol. The molecule has 9 nitrogen and oxygen atoms in total. The van der Waals surface area contributed by atoms with Gasteiger partial charge in [-0.1, -0.05) is 30.3 Å². The van der Waals surface area contributed by atoms with Crippen LogP contribution in [0.2, 0.25) is 0 Å². The van der Waals surface area contributed by atoms with E-state index in [1.165, 1.54) is 6.33 Å². The van der Waals surface area contributed by atoms with Crippen LogP contribution < -0.4 is 15.8 Å². The molecule has 1 atom stereocenters. The highest BCUT2D eigenvalue weighted by molar-refractivity contribution is 5.92. The van der Waals surface area contributed by atoms with Crippen molar-refractivity contribution in [2.45, 2.75) is 32.0 Å². The molecule has 6 rings (SSSR count). The molecule has 0 aliphatic carbocycles. The number of ether oxygens (including phenoxy) is 1. The highest BCUT2D eigenvalue weighted by Gasteiger charge is 2.29. The summed E-state index contributed by atoms with van der Waals surface area (Å²) in [4.78, 5) is 27.2. The summed E-state index contributed by atoms with van der Waals surface area (Å²) in [6.07, 6.45) is 4.96. The second-order valence-electron chi connectivity index (χ2n) is 9.53. The smallest absolute Gasteiger partial charge is 0.234 e. The van der Waals surface area contributed by atoms with Crippen LogP contribution in [0, 0.1) is 0 Å². The normalized spacial score (nSPS) is 15.4. The van der Waals surface area contributed by atoms with E-state index in [-0.39, 0.29) is 11.9 Å². The van der Waals surface area contributed by atoms with E-state index in [2.05, 4.69) is 25.2 Å². The maximum absolute atomic E-state index is 11.7. The monoisotopic (exact) mass is 520 g/mol. The third kappa shape index (κ3) is 5.58. The molecular formula is C30H28N6O3. The average Bonchev–Trinajstić information content (AvgIpc) is 3.63. The van der Waals surface area contributed by atoms with Gasteiger partial charge in [0.25, 0.3) is 0 Å². The summed E-state index contributed by atoms with van der Waals surface area (Å²) in [5.41, 5.74) is 8.93. The van der Waals surface area contributed by atoms with E-state index in [1.807, 2.05) is 72.8 Å². The fourth-order valence-corrected chi connectivity index (χ4v) is 4.84. The molecule has 4 heterocycles. The molecule has 1 aliphatic rings. The molecule has 2 aromatic carbocycles. The molecule has 1 fully saturated rings. The molecule has 0 unspecified atom stereocenters. The molecule has 0 radical (unpaired) electrons. The van der Waals surface area contributed by atoms with Crippen molar-refractivity contribution in [2.24, 2.45) is 5.73 Å². The fourth-order valence-electron chi connectivity index (χ4n) is 4.84. The number of carbonyl (C=O) groups is 1. The molecule has 3 aromatic heterocycles. The number of primary amides is 1. The number of pyridine rings is 1. The van der Waals surface area contributed by atoms with Crippen molar-refractivity contribution in [1.29, 1.82) is 0 Å². The third-order valence-corrected chi connectivity index (χ3v) is 6.85. The number of nitrogens with two attached hydrogens (primary N) is 1. The van der Waals surface area contributed by atoms with Crippen LogP contribution in [0.25, 0.3) is 22.4 Å². The van der Waals surface area contributed by atoms with Gasteiger partial charge in [-0.25, -0.2) is 9.97 Å². The lowest BCUT2D eigenvalue weighted by Gasteiger charge is -2.20. The van der Waals surface area contributed by atoms with Crippen LogP contribution in [0.4, 0.5) is 11.5 Å². The van der Waals surface area contributed by atoms with Crippen LogP contribution in [-0.2, 0) is 17.9 Å². The first-order valence-corrected chi connectivity index (χ1v) is 12.9. The Bertz CT molecular complexity index is 1590. The first kappa shape index (κ1) is 24.6. The highest BCUT2D eigenvalue weighted by atomic mass is 16.5. The summed E-state index contributed by atoms with van der Waals surface area (Å²) >= 11 is 0. The predicted octanol–water partition coefficient (Wildman–Crippen LogP) is 5.06. The number of hydrogen-bond acceptors (Lipinski definition) is 8. The Kier molecular flexibility index (Phi) is 6.88. The number of rotatable bonds is 9. The van der Waals surface area contributed by atoms with Crippen LogP contribution in [0.3, 0.4) is 0 Å². The Morgan fingerprint density at radius 2 is 1.90 bits per heavy atom. The summed E-state index contributed by atoms with van der Waals surface area (Å²) in [7, 11) is 0. The number of anilines is 2. The largest absolute Gasteiger partial charge is 0.489 e. The minimum atomic E-state index is -0.287. The number of aromatic nitrogens is 3. The maximum atomic E-state index is 11.7. The van der Waals surface area contributed by atoms with Gasteiger partial charge in [0.2, 0.25) is 5.91 Å². The quantitative estimate of drug-likeness (QED) is 0.277. The highest BCUT2D eigenvalue weighted by Crippen LogP contribution is 2.29. The van der Waals surface area contributed by atoms with Crippen molar-refractivity contribution in [3.8, 4) is 17.2 Å². The molecule has 3 N–H and O–H groups in total. The Morgan fingerprint density at radius 1 is 1.05 bits per heavy atom. The molecular weight excluding hydrogens is 492 g/mol. The first-order valence-electron chi connectivity index (χ1n) is 12.9. The van der Waals surface area contributed by atoms with Gasteiger partial charge in [-0.05, 0) is 67.4 Å². The van der Waals surface area contributed by atoms with E-state index in [9.17, 15) is 4.79 Å². The Balaban J connectivity index is 1.17. The van der Waals surface area contributed by atoms with Gasteiger partial charge in [0.15, 0.2) is 5.76 Å². The number of likely N-dealkylation sites (tertiary alicyclic amines) is 1. The number of nitrogens with one attached hydrogen (secondary N) is 1. The fraction of sp³-hybridized carbons (Fsp3) is 0.200. The molecule has 196 valence electrons. The lowest BCUT2D eigenvalue weighted by molar-refractivity contribution is -0.122. The molecule has 0 saturated carbocycles. The predicted molar refractivity (Wildman–Crippen MR) is 148 cm³/mol. The molecule has 1 amide bonds. The van der Waals surface area contributed by atoms with Gasteiger partial charge in [-0.3, -0.25) is 14.7 Å². The standard InChI is InChI=1S/C30H28N6O3/c31-29(37)27-7-4-14-36(27)17-23-12-13-28(39-23)25-15-24-26(16-32-25)33-19-34-30(24)35-21-8-10-22(11-9-21)38-18-20-5-2-1-3-6-20/h1-3,5-6,8-13,15-16,19,27H,4,7,14,17-18H2,(H2,31,37)(H,33,34,35)/t27-/m1/s1. The van der Waals surface area contributed by atoms with E-state index in [4.69, 9.17) is 14.9 Å². The van der Waals surface area contributed by atoms with E-state index >= 15 is 0 Å². The Morgan fingerprint density at radius 3 is 2.72 bits per heavy atom. The van der Waals surface area contributed by atoms with Crippen molar-refractivity contribution >= 4 is 28.3 Å². The van der Waals surface area contributed by atoms with Crippen molar-refractivity contribution in [1.82, 2.24) is 19.9 Å². The first-order chi connectivity index (χ1) is 19.1. The van der Waals surface area contributed by atoms with Crippen molar-refractivity contribution in [3.63, 3.8) is 0 Å². The second kappa shape index (κ2) is 10.9. The number of carbonyl (C=O) groups excluding carboxylic acids is 1. The van der Waals surface area contributed by atoms with Crippen molar-refractivity contribution in [3.05, 3.63) is 96.6 Å². The van der Waals surface area contributed by atoms with Gasteiger partial charge >= 0.3 is 0 Å². The summed E-state index contributed by atoms with van der Waals surface area (Å²) < 4.78 is 12.0. The number of benzene rings is 2. The zero-order valence-corrected chi connectivity index (χ0v) is 21.3. The van der Waals surface area contributed by atoms with Gasteiger partial charge in [0.05, 0.1) is 24.3 Å². The zero-order chi connectivity index (χ0) is 26.6.